The van der Waals surface area contributed by atoms with Crippen LogP contribution in [0, 0.1) is 5.82 Å². The highest BCUT2D eigenvalue weighted by molar-refractivity contribution is 7.91. The van der Waals surface area contributed by atoms with Crippen molar-refractivity contribution in [3.8, 4) is 0 Å². The number of sulfone groups is 1. The Morgan fingerprint density at radius 2 is 2.03 bits per heavy atom. The van der Waals surface area contributed by atoms with E-state index in [-0.39, 0.29) is 22.8 Å². The van der Waals surface area contributed by atoms with Crippen LogP contribution < -0.4 is 10.2 Å². The smallest absolute Gasteiger partial charge is 0.270 e. The van der Waals surface area contributed by atoms with Crippen LogP contribution in [-0.4, -0.2) is 54.7 Å². The average molecular weight is 526 g/mol. The molecule has 1 amide bonds. The number of nitrogens with zero attached hydrogens (tertiary/aromatic N) is 2. The molecular formula is C22H21ClFN3O5S2. The van der Waals surface area contributed by atoms with E-state index >= 15 is 0 Å². The van der Waals surface area contributed by atoms with Gasteiger partial charge >= 0.3 is 0 Å². The summed E-state index contributed by atoms with van der Waals surface area (Å²) >= 11 is 7.33. The molecule has 2 aromatic carbocycles. The molecule has 1 unspecified atom stereocenters. The summed E-state index contributed by atoms with van der Waals surface area (Å²) in [5.41, 5.74) is 1.32. The molecule has 0 bridgehead atoms. The van der Waals surface area contributed by atoms with E-state index in [0.717, 1.165) is 17.4 Å². The Labute approximate surface area is 204 Å². The maximum absolute atomic E-state index is 14.5. The van der Waals surface area contributed by atoms with Crippen molar-refractivity contribution < 1.29 is 27.8 Å². The number of hydrogen-bond donors (Lipinski definition) is 3. The molecule has 4 rings (SSSR count). The molecule has 0 saturated heterocycles. The van der Waals surface area contributed by atoms with Gasteiger partial charge in [-0.3, -0.25) is 4.79 Å². The molecule has 1 aliphatic heterocycles. The van der Waals surface area contributed by atoms with Crippen molar-refractivity contribution in [2.24, 2.45) is 0 Å². The SMILES string of the molecule is O=C1c2sc(NC(O)Cc3ccc(S(=O)(=O)CCO)cc3F)nc2CCN1c1ccccc1Cl. The number of halogens is 2. The molecular weight excluding hydrogens is 505 g/mol. The van der Waals surface area contributed by atoms with Gasteiger partial charge in [-0.15, -0.1) is 0 Å². The van der Waals surface area contributed by atoms with Crippen LogP contribution in [0.5, 0.6) is 0 Å². The Hall–Kier alpha value is -2.57. The van der Waals surface area contributed by atoms with Gasteiger partial charge in [-0.2, -0.15) is 0 Å². The number of aliphatic hydroxyl groups excluding tert-OH is 2. The number of thiazole rings is 1. The number of carbonyl (C=O) groups excluding carboxylic acids is 1. The summed E-state index contributed by atoms with van der Waals surface area (Å²) < 4.78 is 38.4. The van der Waals surface area contributed by atoms with Gasteiger partial charge in [-0.05, 0) is 29.8 Å². The molecule has 1 aliphatic rings. The van der Waals surface area contributed by atoms with Gasteiger partial charge < -0.3 is 20.4 Å². The zero-order valence-electron chi connectivity index (χ0n) is 17.7. The minimum absolute atomic E-state index is 0.102. The van der Waals surface area contributed by atoms with E-state index in [0.29, 0.717) is 39.4 Å². The van der Waals surface area contributed by atoms with Gasteiger partial charge in [0.05, 0.1) is 33.7 Å². The highest BCUT2D eigenvalue weighted by Gasteiger charge is 2.30. The second-order valence-corrected chi connectivity index (χ2v) is 11.1. The lowest BCUT2D eigenvalue weighted by molar-refractivity contribution is 0.0984. The minimum atomic E-state index is -3.78. The number of nitrogens with one attached hydrogen (secondary N) is 1. The number of aliphatic hydroxyl groups is 2. The third-order valence-corrected chi connectivity index (χ3v) is 8.33. The van der Waals surface area contributed by atoms with Crippen molar-refractivity contribution in [3.05, 3.63) is 69.4 Å². The van der Waals surface area contributed by atoms with Crippen molar-refractivity contribution in [1.29, 1.82) is 0 Å². The van der Waals surface area contributed by atoms with Crippen LogP contribution in [0.1, 0.15) is 20.9 Å². The van der Waals surface area contributed by atoms with Gasteiger partial charge in [0.25, 0.3) is 5.91 Å². The number of rotatable bonds is 8. The number of amides is 1. The molecule has 3 aromatic rings. The topological polar surface area (TPSA) is 120 Å². The first-order valence-electron chi connectivity index (χ1n) is 10.3. The second kappa shape index (κ2) is 9.96. The number of aromatic nitrogens is 1. The fourth-order valence-corrected chi connectivity index (χ4v) is 5.90. The Morgan fingerprint density at radius 1 is 1.26 bits per heavy atom. The summed E-state index contributed by atoms with van der Waals surface area (Å²) in [6.07, 6.45) is -0.869. The number of para-hydroxylation sites is 1. The molecule has 1 atom stereocenters. The third-order valence-electron chi connectivity index (χ3n) is 5.30. The quantitative estimate of drug-likeness (QED) is 0.387. The largest absolute Gasteiger partial charge is 0.395 e. The van der Waals surface area contributed by atoms with Gasteiger partial charge in [0.15, 0.2) is 15.0 Å². The summed E-state index contributed by atoms with van der Waals surface area (Å²) in [5, 5.41) is 22.8. The molecule has 2 heterocycles. The van der Waals surface area contributed by atoms with Crippen LogP contribution in [0.15, 0.2) is 47.4 Å². The minimum Gasteiger partial charge on any atom is -0.395 e. The first kappa shape index (κ1) is 24.6. The van der Waals surface area contributed by atoms with Gasteiger partial charge in [0, 0.05) is 19.4 Å². The predicted octanol–water partition coefficient (Wildman–Crippen LogP) is 2.88. The molecule has 180 valence electrons. The highest BCUT2D eigenvalue weighted by atomic mass is 35.5. The number of anilines is 2. The highest BCUT2D eigenvalue weighted by Crippen LogP contribution is 2.34. The van der Waals surface area contributed by atoms with Gasteiger partial charge in [-0.1, -0.05) is 41.1 Å². The third kappa shape index (κ3) is 5.08. The van der Waals surface area contributed by atoms with Crippen molar-refractivity contribution >= 4 is 49.5 Å². The van der Waals surface area contributed by atoms with Crippen LogP contribution in [-0.2, 0) is 22.7 Å². The van der Waals surface area contributed by atoms with Crippen molar-refractivity contribution in [2.75, 3.05) is 29.1 Å². The average Bonchev–Trinajstić information content (AvgIpc) is 3.19. The van der Waals surface area contributed by atoms with Crippen LogP contribution in [0.25, 0.3) is 0 Å². The summed E-state index contributed by atoms with van der Waals surface area (Å²) in [7, 11) is -3.78. The van der Waals surface area contributed by atoms with Gasteiger partial charge in [0.1, 0.15) is 16.9 Å². The molecule has 0 radical (unpaired) electrons. The van der Waals surface area contributed by atoms with Crippen molar-refractivity contribution in [3.63, 3.8) is 0 Å². The Kier molecular flexibility index (Phi) is 7.20. The molecule has 12 heteroatoms. The first-order valence-corrected chi connectivity index (χ1v) is 13.2. The zero-order valence-corrected chi connectivity index (χ0v) is 20.1. The van der Waals surface area contributed by atoms with Crippen molar-refractivity contribution in [2.45, 2.75) is 24.0 Å². The van der Waals surface area contributed by atoms with E-state index in [9.17, 15) is 22.7 Å². The molecule has 0 aliphatic carbocycles. The lowest BCUT2D eigenvalue weighted by atomic mass is 10.1. The first-order chi connectivity index (χ1) is 16.2. The van der Waals surface area contributed by atoms with Crippen LogP contribution in [0.2, 0.25) is 5.02 Å². The Balaban J connectivity index is 1.46. The lowest BCUT2D eigenvalue weighted by Crippen LogP contribution is -2.37. The van der Waals surface area contributed by atoms with Gasteiger partial charge in [0.2, 0.25) is 0 Å². The van der Waals surface area contributed by atoms with E-state index in [1.807, 2.05) is 0 Å². The van der Waals surface area contributed by atoms with E-state index < -0.39 is 34.2 Å². The Bertz CT molecular complexity index is 1330. The van der Waals surface area contributed by atoms with Gasteiger partial charge in [-0.25, -0.2) is 17.8 Å². The molecule has 8 nitrogen and oxygen atoms in total. The Morgan fingerprint density at radius 3 is 2.74 bits per heavy atom. The molecule has 1 aromatic heterocycles. The number of carbonyl (C=O) groups is 1. The number of fused-ring (bicyclic) bond motifs is 1. The van der Waals surface area contributed by atoms with E-state index in [4.69, 9.17) is 16.7 Å². The maximum Gasteiger partial charge on any atom is 0.270 e. The van der Waals surface area contributed by atoms with Crippen LogP contribution >= 0.6 is 22.9 Å². The standard InChI is InChI=1S/C22H21ClFN3O5S2/c23-15-3-1-2-4-18(15)27-8-7-17-20(21(27)30)33-22(25-17)26-19(29)11-13-5-6-14(12-16(13)24)34(31,32)10-9-28/h1-6,12,19,28-29H,7-11H2,(H,25,26). The van der Waals surface area contributed by atoms with Crippen molar-refractivity contribution in [1.82, 2.24) is 4.98 Å². The summed E-state index contributed by atoms with van der Waals surface area (Å²) in [6, 6.07) is 10.5. The fraction of sp³-hybridized carbons (Fsp3) is 0.273. The second-order valence-electron chi connectivity index (χ2n) is 7.61. The summed E-state index contributed by atoms with van der Waals surface area (Å²) in [5.74, 6) is -1.53. The predicted molar refractivity (Wildman–Crippen MR) is 128 cm³/mol. The summed E-state index contributed by atoms with van der Waals surface area (Å²) in [4.78, 5) is 19.2. The fourth-order valence-electron chi connectivity index (χ4n) is 3.62. The maximum atomic E-state index is 14.5. The molecule has 34 heavy (non-hydrogen) atoms. The molecule has 0 saturated carbocycles. The van der Waals surface area contributed by atoms with Crippen LogP contribution in [0.4, 0.5) is 15.2 Å². The molecule has 0 spiro atoms. The normalized spacial score (nSPS) is 14.7. The van der Waals surface area contributed by atoms with E-state index in [1.54, 1.807) is 29.2 Å². The zero-order chi connectivity index (χ0) is 24.5. The summed E-state index contributed by atoms with van der Waals surface area (Å²) in [6.45, 7) is -0.150. The monoisotopic (exact) mass is 525 g/mol. The molecule has 3 N–H and O–H groups in total. The lowest BCUT2D eigenvalue weighted by Gasteiger charge is -2.26. The van der Waals surface area contributed by atoms with Crippen LogP contribution in [0.3, 0.4) is 0 Å². The van der Waals surface area contributed by atoms with E-state index in [1.165, 1.54) is 12.1 Å². The van der Waals surface area contributed by atoms with E-state index in [2.05, 4.69) is 10.3 Å². The number of benzene rings is 2. The molecule has 0 fully saturated rings. The number of hydrogen-bond acceptors (Lipinski definition) is 8.